The molecule has 1 heterocycles. The molecule has 0 atom stereocenters. The summed E-state index contributed by atoms with van der Waals surface area (Å²) in [5.41, 5.74) is 0. The van der Waals surface area contributed by atoms with E-state index in [1.54, 1.807) is 0 Å². The largest absolute Gasteiger partial charge is 0.420 e. The van der Waals surface area contributed by atoms with Crippen molar-refractivity contribution in [2.75, 3.05) is 0 Å². The van der Waals surface area contributed by atoms with Crippen LogP contribution in [0, 0.1) is 0 Å². The first-order valence-corrected chi connectivity index (χ1v) is 6.29. The molecule has 1 fully saturated rings. The molecule has 1 rings (SSSR count). The highest BCUT2D eigenvalue weighted by Crippen LogP contribution is 2.05. The van der Waals surface area contributed by atoms with Gasteiger partial charge in [-0.3, -0.25) is 0 Å². The fourth-order valence-corrected chi connectivity index (χ4v) is 4.95. The Morgan fingerprint density at radius 1 is 1.00 bits per heavy atom. The van der Waals surface area contributed by atoms with Gasteiger partial charge in [0.2, 0.25) is 0 Å². The second kappa shape index (κ2) is 1.45. The van der Waals surface area contributed by atoms with Crippen molar-refractivity contribution in [3.8, 4) is 0 Å². The van der Waals surface area contributed by atoms with E-state index in [1.807, 2.05) is 13.1 Å². The van der Waals surface area contributed by atoms with Gasteiger partial charge in [0.15, 0.2) is 0 Å². The maximum absolute atomic E-state index is 5.19. The predicted molar refractivity (Wildman–Crippen MR) is 28.2 cm³/mol. The zero-order chi connectivity index (χ0) is 4.57. The molecular formula is C2H8O2Si2. The van der Waals surface area contributed by atoms with Crippen LogP contribution in [0.15, 0.2) is 0 Å². The molecule has 36 valence electrons. The normalized spacial score (nSPS) is 45.0. The van der Waals surface area contributed by atoms with Gasteiger partial charge in [0, 0.05) is 0 Å². The van der Waals surface area contributed by atoms with Gasteiger partial charge in [-0.15, -0.1) is 0 Å². The van der Waals surface area contributed by atoms with Crippen LogP contribution in [0.25, 0.3) is 0 Å². The van der Waals surface area contributed by atoms with Gasteiger partial charge >= 0.3 is 0 Å². The second-order valence-electron chi connectivity index (χ2n) is 1.41. The number of hydrogen-bond acceptors (Lipinski definition) is 2. The van der Waals surface area contributed by atoms with E-state index in [0.717, 1.165) is 0 Å². The highest BCUT2D eigenvalue weighted by molar-refractivity contribution is 6.72. The average molecular weight is 120 g/mol. The first kappa shape index (κ1) is 4.51. The molecule has 0 aromatic carbocycles. The standard InChI is InChI=1S/C2H8O2Si2/c1-5-3-6(2)4-5/h5-6H,1-2H3. The van der Waals surface area contributed by atoms with E-state index >= 15 is 0 Å². The van der Waals surface area contributed by atoms with E-state index in [9.17, 15) is 0 Å². The van der Waals surface area contributed by atoms with Crippen molar-refractivity contribution in [2.24, 2.45) is 0 Å². The quantitative estimate of drug-likeness (QED) is 0.410. The van der Waals surface area contributed by atoms with Crippen LogP contribution >= 0.6 is 0 Å². The maximum Gasteiger partial charge on any atom is 0.300 e. The third-order valence-electron chi connectivity index (χ3n) is 0.767. The van der Waals surface area contributed by atoms with Crippen LogP contribution in [0.1, 0.15) is 0 Å². The van der Waals surface area contributed by atoms with Crippen LogP contribution in [0.2, 0.25) is 13.1 Å². The topological polar surface area (TPSA) is 18.5 Å². The molecule has 0 spiro atoms. The summed E-state index contributed by atoms with van der Waals surface area (Å²) in [6.07, 6.45) is 0. The molecule has 0 unspecified atom stereocenters. The highest BCUT2D eigenvalue weighted by Gasteiger charge is 2.24. The van der Waals surface area contributed by atoms with Crippen molar-refractivity contribution in [3.63, 3.8) is 0 Å². The van der Waals surface area contributed by atoms with E-state index in [2.05, 4.69) is 0 Å². The summed E-state index contributed by atoms with van der Waals surface area (Å²) < 4.78 is 10.4. The Morgan fingerprint density at radius 3 is 1.33 bits per heavy atom. The molecular weight excluding hydrogens is 112 g/mol. The lowest BCUT2D eigenvalue weighted by molar-refractivity contribution is 0.294. The molecule has 2 nitrogen and oxygen atoms in total. The van der Waals surface area contributed by atoms with Gasteiger partial charge in [-0.25, -0.2) is 0 Å². The third-order valence-corrected chi connectivity index (χ3v) is 6.90. The molecule has 0 N–H and O–H groups in total. The van der Waals surface area contributed by atoms with E-state index in [0.29, 0.717) is 0 Å². The Bertz CT molecular complexity index is 45.5. The van der Waals surface area contributed by atoms with Crippen LogP contribution in [0.3, 0.4) is 0 Å². The van der Waals surface area contributed by atoms with Crippen LogP contribution in [-0.4, -0.2) is 18.6 Å². The zero-order valence-corrected chi connectivity index (χ0v) is 6.28. The molecule has 0 bridgehead atoms. The van der Waals surface area contributed by atoms with Crippen LogP contribution < -0.4 is 0 Å². The van der Waals surface area contributed by atoms with Gasteiger partial charge in [-0.05, 0) is 13.1 Å². The predicted octanol–water partition coefficient (Wildman–Crippen LogP) is -0.266. The van der Waals surface area contributed by atoms with Gasteiger partial charge in [-0.2, -0.15) is 0 Å². The first-order valence-electron chi connectivity index (χ1n) is 2.10. The molecule has 0 aromatic heterocycles. The Balaban J connectivity index is 2.11. The van der Waals surface area contributed by atoms with Crippen molar-refractivity contribution in [2.45, 2.75) is 13.1 Å². The summed E-state index contributed by atoms with van der Waals surface area (Å²) in [6.45, 7) is 4.10. The van der Waals surface area contributed by atoms with E-state index in [-0.39, 0.29) is 0 Å². The van der Waals surface area contributed by atoms with Gasteiger partial charge in [0.1, 0.15) is 0 Å². The van der Waals surface area contributed by atoms with Gasteiger partial charge in [0.25, 0.3) is 18.6 Å². The zero-order valence-electron chi connectivity index (χ0n) is 3.97. The minimum Gasteiger partial charge on any atom is -0.420 e. The molecule has 0 radical (unpaired) electrons. The minimum absolute atomic E-state index is 0.965. The molecule has 4 heteroatoms. The summed E-state index contributed by atoms with van der Waals surface area (Å²) in [4.78, 5) is 0. The van der Waals surface area contributed by atoms with Crippen molar-refractivity contribution < 1.29 is 8.23 Å². The van der Waals surface area contributed by atoms with Crippen molar-refractivity contribution in [1.82, 2.24) is 0 Å². The van der Waals surface area contributed by atoms with Crippen LogP contribution in [0.5, 0.6) is 0 Å². The molecule has 1 aliphatic rings. The van der Waals surface area contributed by atoms with Gasteiger partial charge < -0.3 is 8.23 Å². The van der Waals surface area contributed by atoms with Gasteiger partial charge in [0.05, 0.1) is 0 Å². The lowest BCUT2D eigenvalue weighted by atomic mass is 11.9. The van der Waals surface area contributed by atoms with Gasteiger partial charge in [-0.1, -0.05) is 0 Å². The van der Waals surface area contributed by atoms with E-state index in [1.165, 1.54) is 0 Å². The third kappa shape index (κ3) is 0.702. The lowest BCUT2D eigenvalue weighted by Crippen LogP contribution is -2.44. The second-order valence-corrected chi connectivity index (χ2v) is 5.86. The molecule has 1 aliphatic heterocycles. The molecule has 0 amide bonds. The van der Waals surface area contributed by atoms with Crippen molar-refractivity contribution in [3.05, 3.63) is 0 Å². The first-order chi connectivity index (χ1) is 2.79. The van der Waals surface area contributed by atoms with E-state index < -0.39 is 18.6 Å². The summed E-state index contributed by atoms with van der Waals surface area (Å²) >= 11 is 0. The van der Waals surface area contributed by atoms with Crippen LogP contribution in [-0.2, 0) is 8.23 Å². The SMILES string of the molecule is C[SiH]1O[SiH](C)O1. The molecule has 0 aliphatic carbocycles. The molecule has 0 saturated carbocycles. The summed E-state index contributed by atoms with van der Waals surface area (Å²) in [5.74, 6) is 0. The Hall–Kier alpha value is 0.354. The summed E-state index contributed by atoms with van der Waals surface area (Å²) in [7, 11) is -1.93. The minimum atomic E-state index is -0.965. The van der Waals surface area contributed by atoms with Crippen molar-refractivity contribution >= 4 is 18.6 Å². The molecule has 0 aromatic rings. The molecule has 6 heavy (non-hydrogen) atoms. The Labute approximate surface area is 40.8 Å². The molecule has 1 saturated heterocycles. The highest BCUT2D eigenvalue weighted by atomic mass is 28.5. The Kier molecular flexibility index (Phi) is 1.09. The summed E-state index contributed by atoms with van der Waals surface area (Å²) in [6, 6.07) is 0. The maximum atomic E-state index is 5.19. The average Bonchev–Trinajstić information content (AvgIpc) is 1.33. The fraction of sp³-hybridized carbons (Fsp3) is 1.00. The van der Waals surface area contributed by atoms with Crippen molar-refractivity contribution in [1.29, 1.82) is 0 Å². The number of hydrogen-bond donors (Lipinski definition) is 0. The van der Waals surface area contributed by atoms with Crippen LogP contribution in [0.4, 0.5) is 0 Å². The number of rotatable bonds is 0. The summed E-state index contributed by atoms with van der Waals surface area (Å²) in [5, 5.41) is 0. The van der Waals surface area contributed by atoms with E-state index in [4.69, 9.17) is 8.23 Å². The fourth-order valence-electron chi connectivity index (χ4n) is 0.550. The smallest absolute Gasteiger partial charge is 0.300 e. The monoisotopic (exact) mass is 120 g/mol. The lowest BCUT2D eigenvalue weighted by Gasteiger charge is -2.28. The Morgan fingerprint density at radius 2 is 1.33 bits per heavy atom.